The van der Waals surface area contributed by atoms with Crippen LogP contribution in [0.25, 0.3) is 11.1 Å². The number of carbonyl (C=O) groups is 3. The molecule has 182 valence electrons. The fraction of sp³-hybridized carbons (Fsp3) is 0.320. The van der Waals surface area contributed by atoms with Crippen molar-refractivity contribution in [2.45, 2.75) is 32.4 Å². The van der Waals surface area contributed by atoms with Crippen molar-refractivity contribution < 1.29 is 24.2 Å². The predicted octanol–water partition coefficient (Wildman–Crippen LogP) is 2.64. The lowest BCUT2D eigenvalue weighted by molar-refractivity contribution is -0.144. The molecular weight excluding hydrogens is 450 g/mol. The molecule has 2 amide bonds. The Labute approximate surface area is 202 Å². The maximum atomic E-state index is 12.4. The van der Waals surface area contributed by atoms with E-state index in [0.29, 0.717) is 18.7 Å². The Morgan fingerprint density at radius 3 is 2.37 bits per heavy atom. The number of nitrogens with one attached hydrogen (secondary N) is 1. The number of alkyl carbamates (subject to hydrolysis) is 1. The number of amides is 2. The van der Waals surface area contributed by atoms with Gasteiger partial charge in [-0.15, -0.1) is 5.10 Å². The summed E-state index contributed by atoms with van der Waals surface area (Å²) in [4.78, 5) is 37.0. The summed E-state index contributed by atoms with van der Waals surface area (Å²) in [5.41, 5.74) is 5.03. The van der Waals surface area contributed by atoms with Gasteiger partial charge in [0.05, 0.1) is 12.7 Å². The van der Waals surface area contributed by atoms with Gasteiger partial charge in [-0.05, 0) is 28.7 Å². The maximum Gasteiger partial charge on any atom is 0.407 e. The Bertz CT molecular complexity index is 1180. The van der Waals surface area contributed by atoms with Crippen molar-refractivity contribution in [3.05, 3.63) is 71.5 Å². The van der Waals surface area contributed by atoms with Gasteiger partial charge in [0.2, 0.25) is 5.91 Å². The molecule has 4 rings (SSSR count). The maximum absolute atomic E-state index is 12.4. The standard InChI is InChI=1S/C25H27N5O5/c1-2-11-29(15-24(32)33)23(31)14-30-13-17(27-28-30)12-26-25(34)35-16-22-20-9-5-3-7-18(20)19-8-4-6-10-21(19)22/h3-10,13,22H,2,11-12,14-16H2,1H3,(H,26,34)(H,32,33). The molecule has 0 spiro atoms. The molecule has 1 heterocycles. The van der Waals surface area contributed by atoms with E-state index < -0.39 is 12.1 Å². The number of rotatable bonds is 10. The van der Waals surface area contributed by atoms with E-state index in [-0.39, 0.29) is 38.1 Å². The van der Waals surface area contributed by atoms with Crippen LogP contribution in [-0.4, -0.2) is 62.7 Å². The molecule has 10 heteroatoms. The molecule has 1 aromatic heterocycles. The van der Waals surface area contributed by atoms with Crippen LogP contribution in [0, 0.1) is 0 Å². The molecule has 0 unspecified atom stereocenters. The van der Waals surface area contributed by atoms with Crippen LogP contribution in [0.1, 0.15) is 36.1 Å². The van der Waals surface area contributed by atoms with Crippen molar-refractivity contribution in [1.82, 2.24) is 25.2 Å². The summed E-state index contributed by atoms with van der Waals surface area (Å²) in [7, 11) is 0. The van der Waals surface area contributed by atoms with Crippen molar-refractivity contribution in [2.75, 3.05) is 19.7 Å². The van der Waals surface area contributed by atoms with Gasteiger partial charge in [-0.2, -0.15) is 0 Å². The number of carboxylic acids is 1. The third-order valence-corrected chi connectivity index (χ3v) is 5.81. The van der Waals surface area contributed by atoms with Crippen LogP contribution in [0.5, 0.6) is 0 Å². The number of benzene rings is 2. The fourth-order valence-electron chi connectivity index (χ4n) is 4.27. The molecule has 0 aliphatic heterocycles. The van der Waals surface area contributed by atoms with Crippen LogP contribution < -0.4 is 5.32 Å². The monoisotopic (exact) mass is 477 g/mol. The minimum Gasteiger partial charge on any atom is -0.480 e. The van der Waals surface area contributed by atoms with E-state index in [9.17, 15) is 14.4 Å². The quantitative estimate of drug-likeness (QED) is 0.460. The highest BCUT2D eigenvalue weighted by Crippen LogP contribution is 2.44. The van der Waals surface area contributed by atoms with Gasteiger partial charge in [0.15, 0.2) is 0 Å². The minimum absolute atomic E-state index is 0.0306. The number of aliphatic carboxylic acids is 1. The zero-order chi connectivity index (χ0) is 24.8. The van der Waals surface area contributed by atoms with E-state index in [1.807, 2.05) is 31.2 Å². The van der Waals surface area contributed by atoms with E-state index in [4.69, 9.17) is 9.84 Å². The van der Waals surface area contributed by atoms with Crippen molar-refractivity contribution in [1.29, 1.82) is 0 Å². The largest absolute Gasteiger partial charge is 0.480 e. The summed E-state index contributed by atoms with van der Waals surface area (Å²) in [6, 6.07) is 16.2. The molecule has 2 N–H and O–H groups in total. The number of ether oxygens (including phenoxy) is 1. The summed E-state index contributed by atoms with van der Waals surface area (Å²) >= 11 is 0. The number of fused-ring (bicyclic) bond motifs is 3. The molecule has 1 aliphatic rings. The fourth-order valence-corrected chi connectivity index (χ4v) is 4.27. The normalized spacial score (nSPS) is 12.0. The number of carbonyl (C=O) groups excluding carboxylic acids is 2. The third kappa shape index (κ3) is 5.65. The highest BCUT2D eigenvalue weighted by atomic mass is 16.5. The zero-order valence-electron chi connectivity index (χ0n) is 19.4. The molecular formula is C25H27N5O5. The number of hydrogen-bond donors (Lipinski definition) is 2. The number of aromatic nitrogens is 3. The van der Waals surface area contributed by atoms with E-state index in [1.165, 1.54) is 15.8 Å². The van der Waals surface area contributed by atoms with Gasteiger partial charge in [-0.1, -0.05) is 60.7 Å². The van der Waals surface area contributed by atoms with Gasteiger partial charge < -0.3 is 20.1 Å². The van der Waals surface area contributed by atoms with E-state index in [0.717, 1.165) is 22.3 Å². The van der Waals surface area contributed by atoms with Gasteiger partial charge in [0.25, 0.3) is 0 Å². The lowest BCUT2D eigenvalue weighted by Crippen LogP contribution is -2.38. The van der Waals surface area contributed by atoms with Gasteiger partial charge in [0.1, 0.15) is 25.4 Å². The van der Waals surface area contributed by atoms with E-state index in [2.05, 4.69) is 39.9 Å². The zero-order valence-corrected chi connectivity index (χ0v) is 19.4. The summed E-state index contributed by atoms with van der Waals surface area (Å²) in [6.45, 7) is 2.00. The smallest absolute Gasteiger partial charge is 0.407 e. The Morgan fingerprint density at radius 1 is 1.09 bits per heavy atom. The van der Waals surface area contributed by atoms with Gasteiger partial charge in [0, 0.05) is 12.5 Å². The first kappa shape index (κ1) is 23.9. The van der Waals surface area contributed by atoms with Crippen molar-refractivity contribution in [3.8, 4) is 11.1 Å². The average molecular weight is 478 g/mol. The molecule has 10 nitrogen and oxygen atoms in total. The topological polar surface area (TPSA) is 127 Å². The highest BCUT2D eigenvalue weighted by molar-refractivity contribution is 5.81. The molecule has 0 saturated carbocycles. The SMILES string of the molecule is CCCN(CC(=O)O)C(=O)Cn1cc(CNC(=O)OCC2c3ccccc3-c3ccccc32)nn1. The number of hydrogen-bond acceptors (Lipinski definition) is 6. The minimum atomic E-state index is -1.07. The second kappa shape index (κ2) is 10.8. The highest BCUT2D eigenvalue weighted by Gasteiger charge is 2.29. The molecule has 0 radical (unpaired) electrons. The van der Waals surface area contributed by atoms with Crippen LogP contribution in [0.2, 0.25) is 0 Å². The lowest BCUT2D eigenvalue weighted by Gasteiger charge is -2.19. The molecule has 3 aromatic rings. The molecule has 0 atom stereocenters. The third-order valence-electron chi connectivity index (χ3n) is 5.81. The van der Waals surface area contributed by atoms with Crippen LogP contribution in [0.3, 0.4) is 0 Å². The molecule has 1 aliphatic carbocycles. The van der Waals surface area contributed by atoms with E-state index >= 15 is 0 Å². The van der Waals surface area contributed by atoms with Crippen LogP contribution >= 0.6 is 0 Å². The summed E-state index contributed by atoms with van der Waals surface area (Å²) < 4.78 is 6.83. The molecule has 2 aromatic carbocycles. The van der Waals surface area contributed by atoms with Crippen LogP contribution in [0.4, 0.5) is 4.79 Å². The number of carboxylic acid groups (broad SMARTS) is 1. The second-order valence-electron chi connectivity index (χ2n) is 8.30. The van der Waals surface area contributed by atoms with Gasteiger partial charge >= 0.3 is 12.1 Å². The van der Waals surface area contributed by atoms with Crippen LogP contribution in [-0.2, 0) is 27.4 Å². The van der Waals surface area contributed by atoms with Crippen molar-refractivity contribution >= 4 is 18.0 Å². The van der Waals surface area contributed by atoms with Crippen molar-refractivity contribution in [2.24, 2.45) is 0 Å². The van der Waals surface area contributed by atoms with Crippen LogP contribution in [0.15, 0.2) is 54.7 Å². The summed E-state index contributed by atoms with van der Waals surface area (Å²) in [6.07, 6.45) is 1.60. The first-order valence-corrected chi connectivity index (χ1v) is 11.4. The number of nitrogens with zero attached hydrogens (tertiary/aromatic N) is 4. The lowest BCUT2D eigenvalue weighted by atomic mass is 9.98. The Hall–Kier alpha value is -4.21. The Morgan fingerprint density at radius 2 is 1.74 bits per heavy atom. The first-order chi connectivity index (χ1) is 17.0. The van der Waals surface area contributed by atoms with E-state index in [1.54, 1.807) is 0 Å². The summed E-state index contributed by atoms with van der Waals surface area (Å²) in [5, 5.41) is 19.5. The van der Waals surface area contributed by atoms with Gasteiger partial charge in [-0.25, -0.2) is 9.48 Å². The molecule has 0 fully saturated rings. The Balaban J connectivity index is 1.29. The Kier molecular flexibility index (Phi) is 7.39. The van der Waals surface area contributed by atoms with Crippen molar-refractivity contribution in [3.63, 3.8) is 0 Å². The molecule has 35 heavy (non-hydrogen) atoms. The van der Waals surface area contributed by atoms with Gasteiger partial charge in [-0.3, -0.25) is 9.59 Å². The first-order valence-electron chi connectivity index (χ1n) is 11.4. The second-order valence-corrected chi connectivity index (χ2v) is 8.30. The summed E-state index contributed by atoms with van der Waals surface area (Å²) in [5.74, 6) is -1.47. The predicted molar refractivity (Wildman–Crippen MR) is 126 cm³/mol. The molecule has 0 saturated heterocycles. The molecule has 0 bridgehead atoms. The average Bonchev–Trinajstić information content (AvgIpc) is 3.43.